The number of aryl methyl sites for hydroxylation is 1. The van der Waals surface area contributed by atoms with Crippen molar-refractivity contribution in [2.24, 2.45) is 10.8 Å². The van der Waals surface area contributed by atoms with Gasteiger partial charge in [0.2, 0.25) is 0 Å². The van der Waals surface area contributed by atoms with Crippen molar-refractivity contribution in [1.82, 2.24) is 5.43 Å². The number of urea groups is 1. The van der Waals surface area contributed by atoms with Crippen LogP contribution in [0.15, 0.2) is 23.3 Å². The quantitative estimate of drug-likeness (QED) is 0.753. The highest BCUT2D eigenvalue weighted by Crippen LogP contribution is 2.24. The molecule has 0 aromatic heterocycles. The molecule has 0 spiro atoms. The second-order valence-electron chi connectivity index (χ2n) is 3.97. The summed E-state index contributed by atoms with van der Waals surface area (Å²) in [5.74, 6) is 0.874. The Balaban J connectivity index is 2.14. The Morgan fingerprint density at radius 2 is 2.24 bits per heavy atom. The summed E-state index contributed by atoms with van der Waals surface area (Å²) >= 11 is 0. The zero-order valence-corrected chi connectivity index (χ0v) is 9.69. The molecule has 1 aromatic rings. The van der Waals surface area contributed by atoms with E-state index >= 15 is 0 Å². The molecular weight excluding hydrogens is 218 g/mol. The number of hydrazone groups is 1. The van der Waals surface area contributed by atoms with Crippen LogP contribution < -0.4 is 15.9 Å². The molecule has 5 nitrogen and oxygen atoms in total. The number of primary amides is 1. The van der Waals surface area contributed by atoms with Crippen molar-refractivity contribution in [3.05, 3.63) is 29.3 Å². The minimum absolute atomic E-state index is 0.627. The number of hydrogen-bond donors (Lipinski definition) is 2. The van der Waals surface area contributed by atoms with Gasteiger partial charge in [-0.05, 0) is 36.1 Å². The molecule has 5 heteroatoms. The maximum atomic E-state index is 10.6. The molecule has 0 bridgehead atoms. The fraction of sp³-hybridized carbons (Fsp3) is 0.333. The zero-order chi connectivity index (χ0) is 12.3. The van der Waals surface area contributed by atoms with Crippen LogP contribution in [0.1, 0.15) is 17.5 Å². The fourth-order valence-corrected chi connectivity index (χ4v) is 1.95. The minimum Gasteiger partial charge on any atom is -0.497 e. The van der Waals surface area contributed by atoms with Crippen molar-refractivity contribution in [2.45, 2.75) is 19.3 Å². The van der Waals surface area contributed by atoms with Crippen LogP contribution in [-0.2, 0) is 12.8 Å². The first-order valence-electron chi connectivity index (χ1n) is 5.45. The number of hydrogen-bond acceptors (Lipinski definition) is 3. The summed E-state index contributed by atoms with van der Waals surface area (Å²) < 4.78 is 5.18. The normalized spacial score (nSPS) is 16.4. The van der Waals surface area contributed by atoms with Crippen molar-refractivity contribution in [2.75, 3.05) is 7.11 Å². The van der Waals surface area contributed by atoms with Crippen LogP contribution in [0.25, 0.3) is 0 Å². The summed E-state index contributed by atoms with van der Waals surface area (Å²) in [7, 11) is 1.66. The van der Waals surface area contributed by atoms with Crippen LogP contribution in [0.3, 0.4) is 0 Å². The number of nitrogens with two attached hydrogens (primary N) is 1. The number of rotatable bonds is 2. The van der Waals surface area contributed by atoms with Gasteiger partial charge < -0.3 is 10.5 Å². The van der Waals surface area contributed by atoms with Crippen molar-refractivity contribution in [3.8, 4) is 5.75 Å². The van der Waals surface area contributed by atoms with E-state index in [0.717, 1.165) is 30.7 Å². The van der Waals surface area contributed by atoms with Crippen LogP contribution >= 0.6 is 0 Å². The van der Waals surface area contributed by atoms with E-state index in [1.54, 1.807) is 7.11 Å². The SMILES string of the molecule is COc1ccc2c(c1)CC/C(=N\NC(N)=O)C2. The molecule has 1 aromatic carbocycles. The van der Waals surface area contributed by atoms with Crippen LogP contribution in [0, 0.1) is 0 Å². The van der Waals surface area contributed by atoms with E-state index in [-0.39, 0.29) is 0 Å². The van der Waals surface area contributed by atoms with Gasteiger partial charge in [-0.25, -0.2) is 10.2 Å². The minimum atomic E-state index is -0.627. The Bertz CT molecular complexity index is 469. The summed E-state index contributed by atoms with van der Waals surface area (Å²) in [5, 5.41) is 3.99. The van der Waals surface area contributed by atoms with E-state index in [2.05, 4.69) is 10.5 Å². The molecule has 0 saturated heterocycles. The van der Waals surface area contributed by atoms with Crippen molar-refractivity contribution >= 4 is 11.7 Å². The van der Waals surface area contributed by atoms with Crippen LogP contribution in [0.2, 0.25) is 0 Å². The van der Waals surface area contributed by atoms with Crippen LogP contribution in [0.5, 0.6) is 5.75 Å². The summed E-state index contributed by atoms with van der Waals surface area (Å²) in [4.78, 5) is 10.6. The number of amides is 2. The molecule has 17 heavy (non-hydrogen) atoms. The number of benzene rings is 1. The third-order valence-corrected chi connectivity index (χ3v) is 2.82. The van der Waals surface area contributed by atoms with E-state index in [1.807, 2.05) is 18.2 Å². The van der Waals surface area contributed by atoms with Gasteiger partial charge in [0.25, 0.3) is 0 Å². The number of nitrogens with zero attached hydrogens (tertiary/aromatic N) is 1. The molecule has 0 fully saturated rings. The average Bonchev–Trinajstić information content (AvgIpc) is 2.35. The maximum Gasteiger partial charge on any atom is 0.332 e. The molecule has 2 amide bonds. The first-order chi connectivity index (χ1) is 8.19. The molecule has 0 unspecified atom stereocenters. The highest BCUT2D eigenvalue weighted by molar-refractivity contribution is 5.89. The van der Waals surface area contributed by atoms with Crippen molar-refractivity contribution in [1.29, 1.82) is 0 Å². The lowest BCUT2D eigenvalue weighted by atomic mass is 9.90. The summed E-state index contributed by atoms with van der Waals surface area (Å²) in [6, 6.07) is 5.39. The molecule has 1 aliphatic carbocycles. The van der Waals surface area contributed by atoms with Gasteiger partial charge in [0, 0.05) is 12.1 Å². The third-order valence-electron chi connectivity index (χ3n) is 2.82. The Morgan fingerprint density at radius 1 is 1.41 bits per heavy atom. The standard InChI is InChI=1S/C12H15N3O2/c1-17-11-5-3-8-6-10(14-15-12(13)16)4-2-9(8)7-11/h3,5,7H,2,4,6H2,1H3,(H3,13,15,16)/b14-10+. The Morgan fingerprint density at radius 3 is 2.94 bits per heavy atom. The fourth-order valence-electron chi connectivity index (χ4n) is 1.95. The van der Waals surface area contributed by atoms with Crippen LogP contribution in [-0.4, -0.2) is 18.9 Å². The predicted octanol–water partition coefficient (Wildman–Crippen LogP) is 1.21. The Labute approximate surface area is 99.6 Å². The average molecular weight is 233 g/mol. The molecule has 0 radical (unpaired) electrons. The summed E-state index contributed by atoms with van der Waals surface area (Å²) in [5.41, 5.74) is 10.7. The van der Waals surface area contributed by atoms with Gasteiger partial charge in [-0.15, -0.1) is 0 Å². The third kappa shape index (κ3) is 2.75. The van der Waals surface area contributed by atoms with Crippen molar-refractivity contribution in [3.63, 3.8) is 0 Å². The first-order valence-corrected chi connectivity index (χ1v) is 5.45. The Kier molecular flexibility index (Phi) is 3.27. The highest BCUT2D eigenvalue weighted by Gasteiger charge is 2.14. The van der Waals surface area contributed by atoms with E-state index < -0.39 is 6.03 Å². The molecule has 0 aliphatic heterocycles. The van der Waals surface area contributed by atoms with E-state index in [1.165, 1.54) is 11.1 Å². The highest BCUT2D eigenvalue weighted by atomic mass is 16.5. The lowest BCUT2D eigenvalue weighted by Crippen LogP contribution is -2.27. The van der Waals surface area contributed by atoms with E-state index in [4.69, 9.17) is 10.5 Å². The number of fused-ring (bicyclic) bond motifs is 1. The maximum absolute atomic E-state index is 10.6. The smallest absolute Gasteiger partial charge is 0.332 e. The van der Waals surface area contributed by atoms with Gasteiger partial charge in [0.05, 0.1) is 7.11 Å². The molecule has 1 aliphatic rings. The van der Waals surface area contributed by atoms with E-state index in [0.29, 0.717) is 0 Å². The van der Waals surface area contributed by atoms with Gasteiger partial charge in [-0.2, -0.15) is 5.10 Å². The van der Waals surface area contributed by atoms with Gasteiger partial charge >= 0.3 is 6.03 Å². The predicted molar refractivity (Wildman–Crippen MR) is 65.2 cm³/mol. The van der Waals surface area contributed by atoms with E-state index in [9.17, 15) is 4.79 Å². The topological polar surface area (TPSA) is 76.7 Å². The zero-order valence-electron chi connectivity index (χ0n) is 9.69. The van der Waals surface area contributed by atoms with Gasteiger partial charge in [0.15, 0.2) is 0 Å². The second kappa shape index (κ2) is 4.86. The molecule has 0 heterocycles. The second-order valence-corrected chi connectivity index (χ2v) is 3.97. The largest absolute Gasteiger partial charge is 0.497 e. The van der Waals surface area contributed by atoms with Gasteiger partial charge in [-0.3, -0.25) is 0 Å². The van der Waals surface area contributed by atoms with Crippen molar-refractivity contribution < 1.29 is 9.53 Å². The lowest BCUT2D eigenvalue weighted by molar-refractivity contribution is 0.249. The van der Waals surface area contributed by atoms with Crippen LogP contribution in [0.4, 0.5) is 4.79 Å². The molecule has 2 rings (SSSR count). The number of carbonyl (C=O) groups excluding carboxylic acids is 1. The number of methoxy groups -OCH3 is 1. The molecule has 90 valence electrons. The number of nitrogens with one attached hydrogen (secondary N) is 1. The summed E-state index contributed by atoms with van der Waals surface area (Å²) in [6.07, 6.45) is 2.49. The first kappa shape index (κ1) is 11.4. The van der Waals surface area contributed by atoms with Gasteiger partial charge in [0.1, 0.15) is 5.75 Å². The monoisotopic (exact) mass is 233 g/mol. The van der Waals surface area contributed by atoms with Gasteiger partial charge in [-0.1, -0.05) is 6.07 Å². The molecule has 3 N–H and O–H groups in total. The Hall–Kier alpha value is -2.04. The number of carbonyl (C=O) groups is 1. The molecule has 0 atom stereocenters. The molecular formula is C12H15N3O2. The molecule has 0 saturated carbocycles. The lowest BCUT2D eigenvalue weighted by Gasteiger charge is -2.18. The summed E-state index contributed by atoms with van der Waals surface area (Å²) in [6.45, 7) is 0. The number of ether oxygens (including phenoxy) is 1.